The number of nitrogen functional groups attached to an aromatic ring is 1. The molecule has 0 aliphatic carbocycles. The van der Waals surface area contributed by atoms with Crippen LogP contribution in [0.4, 0.5) is 5.82 Å². The molecule has 0 aliphatic heterocycles. The third kappa shape index (κ3) is 2.10. The number of nitrogens with two attached hydrogens (primary N) is 1. The fourth-order valence-corrected chi connectivity index (χ4v) is 1.36. The lowest BCUT2D eigenvalue weighted by atomic mass is 10.1. The molecule has 1 heterocycles. The van der Waals surface area contributed by atoms with Gasteiger partial charge in [-0.3, -0.25) is 0 Å². The van der Waals surface area contributed by atoms with E-state index in [-0.39, 0.29) is 0 Å². The van der Waals surface area contributed by atoms with Gasteiger partial charge in [0, 0.05) is 12.0 Å². The zero-order valence-electron chi connectivity index (χ0n) is 8.43. The van der Waals surface area contributed by atoms with E-state index in [1.54, 1.807) is 13.4 Å². The Morgan fingerprint density at radius 2 is 2.07 bits per heavy atom. The van der Waals surface area contributed by atoms with Crippen LogP contribution in [0.1, 0.15) is 11.1 Å². The molecule has 78 valence electrons. The molecule has 0 fully saturated rings. The molecule has 0 radical (unpaired) electrons. The molecule has 0 saturated carbocycles. The van der Waals surface area contributed by atoms with Crippen molar-refractivity contribution in [1.82, 2.24) is 5.16 Å². The van der Waals surface area contributed by atoms with Crippen molar-refractivity contribution < 1.29 is 9.26 Å². The number of hydrogen-bond acceptors (Lipinski definition) is 4. The van der Waals surface area contributed by atoms with E-state index in [9.17, 15) is 0 Å². The number of methoxy groups -OCH3 is 1. The van der Waals surface area contributed by atoms with E-state index in [0.717, 1.165) is 23.3 Å². The minimum Gasteiger partial charge on any atom is -0.497 e. The van der Waals surface area contributed by atoms with Crippen LogP contribution >= 0.6 is 0 Å². The van der Waals surface area contributed by atoms with E-state index < -0.39 is 0 Å². The molecular formula is C11H12N2O2. The Bertz CT molecular complexity index is 434. The molecule has 0 atom stereocenters. The highest BCUT2D eigenvalue weighted by atomic mass is 16.5. The normalized spacial score (nSPS) is 10.2. The van der Waals surface area contributed by atoms with Gasteiger partial charge in [-0.25, -0.2) is 0 Å². The van der Waals surface area contributed by atoms with Gasteiger partial charge in [0.1, 0.15) is 12.0 Å². The Labute approximate surface area is 87.6 Å². The van der Waals surface area contributed by atoms with Crippen molar-refractivity contribution >= 4 is 5.82 Å². The third-order valence-electron chi connectivity index (χ3n) is 2.23. The number of ether oxygens (including phenoxy) is 1. The van der Waals surface area contributed by atoms with Crippen LogP contribution in [-0.2, 0) is 6.42 Å². The van der Waals surface area contributed by atoms with Crippen LogP contribution in [0.5, 0.6) is 5.75 Å². The molecule has 2 rings (SSSR count). The second-order valence-corrected chi connectivity index (χ2v) is 3.25. The molecule has 2 aromatic rings. The maximum absolute atomic E-state index is 5.61. The summed E-state index contributed by atoms with van der Waals surface area (Å²) < 4.78 is 9.84. The fourth-order valence-electron chi connectivity index (χ4n) is 1.36. The van der Waals surface area contributed by atoms with Crippen molar-refractivity contribution in [2.24, 2.45) is 0 Å². The summed E-state index contributed by atoms with van der Waals surface area (Å²) in [6, 6.07) is 7.81. The van der Waals surface area contributed by atoms with Gasteiger partial charge in [-0.15, -0.1) is 0 Å². The Balaban J connectivity index is 2.14. The molecule has 0 spiro atoms. The summed E-state index contributed by atoms with van der Waals surface area (Å²) in [5, 5.41) is 3.62. The van der Waals surface area contributed by atoms with Crippen molar-refractivity contribution in [3.8, 4) is 5.75 Å². The number of aromatic nitrogens is 1. The van der Waals surface area contributed by atoms with E-state index in [1.807, 2.05) is 24.3 Å². The summed E-state index contributed by atoms with van der Waals surface area (Å²) in [5.74, 6) is 1.29. The Hall–Kier alpha value is -1.97. The monoisotopic (exact) mass is 204 g/mol. The second kappa shape index (κ2) is 4.04. The minimum atomic E-state index is 0.450. The highest BCUT2D eigenvalue weighted by molar-refractivity contribution is 5.40. The molecule has 0 aliphatic rings. The van der Waals surface area contributed by atoms with Gasteiger partial charge in [0.25, 0.3) is 0 Å². The summed E-state index contributed by atoms with van der Waals surface area (Å²) in [4.78, 5) is 0. The van der Waals surface area contributed by atoms with Crippen LogP contribution in [-0.4, -0.2) is 12.3 Å². The molecular weight excluding hydrogens is 192 g/mol. The molecule has 2 N–H and O–H groups in total. The zero-order valence-corrected chi connectivity index (χ0v) is 8.43. The number of nitrogens with zero attached hydrogens (tertiary/aromatic N) is 1. The molecule has 4 heteroatoms. The van der Waals surface area contributed by atoms with Crippen LogP contribution in [0.25, 0.3) is 0 Å². The van der Waals surface area contributed by atoms with Gasteiger partial charge in [-0.2, -0.15) is 0 Å². The first kappa shape index (κ1) is 9.58. The topological polar surface area (TPSA) is 61.3 Å². The molecule has 0 unspecified atom stereocenters. The van der Waals surface area contributed by atoms with Crippen LogP contribution in [0.2, 0.25) is 0 Å². The molecule has 15 heavy (non-hydrogen) atoms. The van der Waals surface area contributed by atoms with Gasteiger partial charge in [0.15, 0.2) is 5.82 Å². The van der Waals surface area contributed by atoms with Crippen molar-refractivity contribution in [3.63, 3.8) is 0 Å². The Morgan fingerprint density at radius 3 is 2.60 bits per heavy atom. The highest BCUT2D eigenvalue weighted by Gasteiger charge is 2.04. The van der Waals surface area contributed by atoms with Gasteiger partial charge >= 0.3 is 0 Å². The average molecular weight is 204 g/mol. The Kier molecular flexibility index (Phi) is 2.58. The molecule has 0 bridgehead atoms. The van der Waals surface area contributed by atoms with E-state index >= 15 is 0 Å². The lowest BCUT2D eigenvalue weighted by Crippen LogP contribution is -1.93. The number of rotatable bonds is 3. The van der Waals surface area contributed by atoms with Gasteiger partial charge < -0.3 is 15.0 Å². The average Bonchev–Trinajstić information content (AvgIpc) is 2.66. The number of hydrogen-bond donors (Lipinski definition) is 1. The first-order valence-electron chi connectivity index (χ1n) is 4.61. The molecule has 0 saturated heterocycles. The smallest absolute Gasteiger partial charge is 0.170 e. The molecule has 4 nitrogen and oxygen atoms in total. The van der Waals surface area contributed by atoms with Gasteiger partial charge in [0.05, 0.1) is 7.11 Å². The van der Waals surface area contributed by atoms with Crippen molar-refractivity contribution in [1.29, 1.82) is 0 Å². The van der Waals surface area contributed by atoms with Crippen molar-refractivity contribution in [2.75, 3.05) is 12.8 Å². The minimum absolute atomic E-state index is 0.450. The standard InChI is InChI=1S/C11H12N2O2/c1-14-10-4-2-8(3-5-10)6-9-7-15-13-11(9)12/h2-5,7H,6H2,1H3,(H2,12,13). The van der Waals surface area contributed by atoms with E-state index in [0.29, 0.717) is 5.82 Å². The maximum atomic E-state index is 5.61. The summed E-state index contributed by atoms with van der Waals surface area (Å²) in [6.45, 7) is 0. The Morgan fingerprint density at radius 1 is 1.33 bits per heavy atom. The maximum Gasteiger partial charge on any atom is 0.170 e. The lowest BCUT2D eigenvalue weighted by Gasteiger charge is -2.01. The van der Waals surface area contributed by atoms with Gasteiger partial charge in [0.2, 0.25) is 0 Å². The second-order valence-electron chi connectivity index (χ2n) is 3.25. The number of anilines is 1. The van der Waals surface area contributed by atoms with Crippen LogP contribution in [0.15, 0.2) is 35.1 Å². The predicted octanol–water partition coefficient (Wildman–Crippen LogP) is 1.86. The SMILES string of the molecule is COc1ccc(Cc2conc2N)cc1. The summed E-state index contributed by atoms with van der Waals surface area (Å²) in [5.41, 5.74) is 7.66. The molecule has 1 aromatic heterocycles. The van der Waals surface area contributed by atoms with E-state index in [2.05, 4.69) is 5.16 Å². The van der Waals surface area contributed by atoms with Crippen molar-refractivity contribution in [3.05, 3.63) is 41.7 Å². The summed E-state index contributed by atoms with van der Waals surface area (Å²) >= 11 is 0. The summed E-state index contributed by atoms with van der Waals surface area (Å²) in [6.07, 6.45) is 2.29. The van der Waals surface area contributed by atoms with E-state index in [1.165, 1.54) is 0 Å². The third-order valence-corrected chi connectivity index (χ3v) is 2.23. The highest BCUT2D eigenvalue weighted by Crippen LogP contribution is 2.17. The van der Waals surface area contributed by atoms with Gasteiger partial charge in [-0.1, -0.05) is 17.3 Å². The van der Waals surface area contributed by atoms with Crippen LogP contribution in [0, 0.1) is 0 Å². The first-order chi connectivity index (χ1) is 7.29. The quantitative estimate of drug-likeness (QED) is 0.828. The predicted molar refractivity (Wildman–Crippen MR) is 56.7 cm³/mol. The zero-order chi connectivity index (χ0) is 10.7. The van der Waals surface area contributed by atoms with Crippen LogP contribution < -0.4 is 10.5 Å². The lowest BCUT2D eigenvalue weighted by molar-refractivity contribution is 0.414. The first-order valence-corrected chi connectivity index (χ1v) is 4.61. The van der Waals surface area contributed by atoms with E-state index in [4.69, 9.17) is 15.0 Å². The fraction of sp³-hybridized carbons (Fsp3) is 0.182. The van der Waals surface area contributed by atoms with Crippen molar-refractivity contribution in [2.45, 2.75) is 6.42 Å². The molecule has 0 amide bonds. The van der Waals surface area contributed by atoms with Crippen LogP contribution in [0.3, 0.4) is 0 Å². The molecule has 1 aromatic carbocycles. The number of benzene rings is 1. The summed E-state index contributed by atoms with van der Waals surface area (Å²) in [7, 11) is 1.65. The van der Waals surface area contributed by atoms with Gasteiger partial charge in [-0.05, 0) is 17.7 Å². The largest absolute Gasteiger partial charge is 0.497 e.